The Hall–Kier alpha value is -1.57. The molecule has 4 aliphatic rings. The summed E-state index contributed by atoms with van der Waals surface area (Å²) in [6.07, 6.45) is 5.26. The minimum atomic E-state index is -1.66. The molecule has 4 aliphatic carbocycles. The third kappa shape index (κ3) is 3.31. The number of carboxylic acids is 1. The Bertz CT molecular complexity index is 849. The Morgan fingerprint density at radius 2 is 1.94 bits per heavy atom. The molecular weight excluding hydrogens is 412 g/mol. The van der Waals surface area contributed by atoms with Crippen LogP contribution in [0.15, 0.2) is 11.6 Å². The Kier molecular flexibility index (Phi) is 5.92. The highest BCUT2D eigenvalue weighted by atomic mass is 16.4. The highest BCUT2D eigenvalue weighted by Crippen LogP contribution is 2.69. The molecule has 8 atom stereocenters. The standard InChI is InChI=1S/C25H36O7/c1-23-8-6-16(27)11-15(23)10-14(4-3-5-20(30)31)21-17-7-9-25(32,19(29)13-26)24(17,2)12-18(28)22(21)23/h11,14,17-18,21-22,26,28,32H,3-10,12-13H2,1-2H3,(H,30,31)/t14?,17-,18+,21-,22-,23-,24-,25-/m0/s1. The van der Waals surface area contributed by atoms with Crippen LogP contribution in [-0.2, 0) is 14.4 Å². The smallest absolute Gasteiger partial charge is 0.303 e. The number of carbonyl (C=O) groups excluding carboxylic acids is 2. The zero-order valence-electron chi connectivity index (χ0n) is 19.0. The van der Waals surface area contributed by atoms with Crippen LogP contribution in [0.2, 0.25) is 0 Å². The molecule has 1 unspecified atom stereocenters. The second-order valence-electron chi connectivity index (χ2n) is 11.2. The van der Waals surface area contributed by atoms with Crippen molar-refractivity contribution in [3.05, 3.63) is 11.6 Å². The molecule has 178 valence electrons. The summed E-state index contributed by atoms with van der Waals surface area (Å²) in [5, 5.41) is 41.6. The van der Waals surface area contributed by atoms with Crippen LogP contribution in [0, 0.1) is 34.5 Å². The molecule has 3 saturated carbocycles. The summed E-state index contributed by atoms with van der Waals surface area (Å²) in [4.78, 5) is 36.0. The largest absolute Gasteiger partial charge is 0.481 e. The first-order valence-corrected chi connectivity index (χ1v) is 12.0. The van der Waals surface area contributed by atoms with Gasteiger partial charge in [0.25, 0.3) is 0 Å². The molecule has 0 heterocycles. The molecule has 0 aliphatic heterocycles. The maximum atomic E-state index is 12.6. The molecule has 0 spiro atoms. The van der Waals surface area contributed by atoms with E-state index in [1.807, 2.05) is 6.92 Å². The van der Waals surface area contributed by atoms with E-state index in [1.165, 1.54) is 0 Å². The summed E-state index contributed by atoms with van der Waals surface area (Å²) in [7, 11) is 0. The van der Waals surface area contributed by atoms with Gasteiger partial charge in [-0.25, -0.2) is 0 Å². The number of aliphatic hydroxyl groups excluding tert-OH is 2. The van der Waals surface area contributed by atoms with E-state index in [0.717, 1.165) is 5.57 Å². The average molecular weight is 449 g/mol. The first-order valence-electron chi connectivity index (χ1n) is 12.0. The minimum Gasteiger partial charge on any atom is -0.481 e. The lowest BCUT2D eigenvalue weighted by Gasteiger charge is -2.62. The van der Waals surface area contributed by atoms with Crippen LogP contribution < -0.4 is 0 Å². The van der Waals surface area contributed by atoms with Crippen molar-refractivity contribution in [2.24, 2.45) is 34.5 Å². The van der Waals surface area contributed by atoms with Crippen LogP contribution in [0.3, 0.4) is 0 Å². The second kappa shape index (κ2) is 8.03. The lowest BCUT2D eigenvalue weighted by molar-refractivity contribution is -0.190. The average Bonchev–Trinajstić information content (AvgIpc) is 2.99. The second-order valence-corrected chi connectivity index (χ2v) is 11.2. The van der Waals surface area contributed by atoms with Gasteiger partial charge in [-0.05, 0) is 80.1 Å². The first-order chi connectivity index (χ1) is 15.0. The van der Waals surface area contributed by atoms with E-state index in [4.69, 9.17) is 5.11 Å². The van der Waals surface area contributed by atoms with Crippen molar-refractivity contribution in [2.45, 2.75) is 83.3 Å². The number of ketones is 2. The summed E-state index contributed by atoms with van der Waals surface area (Å²) in [6.45, 7) is 3.30. The van der Waals surface area contributed by atoms with Gasteiger partial charge >= 0.3 is 5.97 Å². The highest BCUT2D eigenvalue weighted by Gasteiger charge is 2.69. The zero-order chi connectivity index (χ0) is 23.5. The minimum absolute atomic E-state index is 0.0118. The van der Waals surface area contributed by atoms with E-state index in [9.17, 15) is 29.7 Å². The van der Waals surface area contributed by atoms with Crippen LogP contribution in [0.25, 0.3) is 0 Å². The maximum Gasteiger partial charge on any atom is 0.303 e. The third-order valence-corrected chi connectivity index (χ3v) is 9.80. The fourth-order valence-electron chi connectivity index (χ4n) is 8.22. The Morgan fingerprint density at radius 1 is 1.22 bits per heavy atom. The molecule has 7 heteroatoms. The van der Waals surface area contributed by atoms with E-state index in [-0.39, 0.29) is 54.1 Å². The van der Waals surface area contributed by atoms with Gasteiger partial charge < -0.3 is 20.4 Å². The number of hydrogen-bond acceptors (Lipinski definition) is 6. The van der Waals surface area contributed by atoms with Gasteiger partial charge in [-0.2, -0.15) is 0 Å². The van der Waals surface area contributed by atoms with E-state index >= 15 is 0 Å². The van der Waals surface area contributed by atoms with Crippen molar-refractivity contribution < 1.29 is 34.8 Å². The lowest BCUT2D eigenvalue weighted by atomic mass is 9.43. The van der Waals surface area contributed by atoms with Crippen LogP contribution in [0.5, 0.6) is 0 Å². The molecule has 0 amide bonds. The number of fused-ring (bicyclic) bond motifs is 5. The molecule has 7 nitrogen and oxygen atoms in total. The van der Waals surface area contributed by atoms with Crippen LogP contribution in [0.1, 0.15) is 71.6 Å². The van der Waals surface area contributed by atoms with Gasteiger partial charge in [-0.15, -0.1) is 0 Å². The summed E-state index contributed by atoms with van der Waals surface area (Å²) in [6, 6.07) is 0. The SMILES string of the molecule is C[C@]12CCC(=O)C=C1CC(CCCC(=O)O)[C@@H]1[C@@H]2[C@H](O)C[C@@]2(C)[C@H]1CC[C@]2(O)C(=O)CO. The normalized spacial score (nSPS) is 45.5. The van der Waals surface area contributed by atoms with E-state index < -0.39 is 35.5 Å². The van der Waals surface area contributed by atoms with Crippen molar-refractivity contribution in [3.63, 3.8) is 0 Å². The van der Waals surface area contributed by atoms with E-state index in [1.54, 1.807) is 6.08 Å². The molecule has 0 saturated heterocycles. The summed E-state index contributed by atoms with van der Waals surface area (Å²) in [5.74, 6) is -1.33. The monoisotopic (exact) mass is 448 g/mol. The van der Waals surface area contributed by atoms with Crippen LogP contribution >= 0.6 is 0 Å². The molecule has 0 aromatic heterocycles. The third-order valence-electron chi connectivity index (χ3n) is 9.80. The van der Waals surface area contributed by atoms with Crippen LogP contribution in [-0.4, -0.2) is 56.3 Å². The summed E-state index contributed by atoms with van der Waals surface area (Å²) >= 11 is 0. The molecule has 0 bridgehead atoms. The number of allylic oxidation sites excluding steroid dienone is 1. The molecular formula is C25H36O7. The molecule has 32 heavy (non-hydrogen) atoms. The van der Waals surface area contributed by atoms with Crippen molar-refractivity contribution >= 4 is 17.5 Å². The summed E-state index contributed by atoms with van der Waals surface area (Å²) < 4.78 is 0. The number of hydrogen-bond donors (Lipinski definition) is 4. The van der Waals surface area contributed by atoms with Gasteiger partial charge in [0, 0.05) is 18.3 Å². The molecule has 0 aromatic rings. The zero-order valence-corrected chi connectivity index (χ0v) is 19.0. The Morgan fingerprint density at radius 3 is 2.59 bits per heavy atom. The van der Waals surface area contributed by atoms with Gasteiger partial charge in [0.15, 0.2) is 11.6 Å². The topological polar surface area (TPSA) is 132 Å². The Labute approximate surface area is 188 Å². The predicted octanol–water partition coefficient (Wildman–Crippen LogP) is 2.26. The van der Waals surface area contributed by atoms with Gasteiger partial charge in [-0.1, -0.05) is 19.4 Å². The number of aliphatic carboxylic acids is 1. The van der Waals surface area contributed by atoms with Crippen molar-refractivity contribution in [1.29, 1.82) is 0 Å². The highest BCUT2D eigenvalue weighted by molar-refractivity contribution is 5.92. The number of carbonyl (C=O) groups is 3. The number of Topliss-reactive ketones (excluding diaryl/α,β-unsaturated/α-hetero) is 1. The Balaban J connectivity index is 1.76. The number of carboxylic acid groups (broad SMARTS) is 1. The fraction of sp³-hybridized carbons (Fsp3) is 0.800. The first kappa shape index (κ1) is 23.6. The lowest BCUT2D eigenvalue weighted by Crippen LogP contribution is -2.63. The molecule has 3 fully saturated rings. The molecule has 4 N–H and O–H groups in total. The molecule has 0 radical (unpaired) electrons. The van der Waals surface area contributed by atoms with Gasteiger partial charge in [0.05, 0.1) is 6.10 Å². The van der Waals surface area contributed by atoms with Gasteiger partial charge in [0.1, 0.15) is 12.2 Å². The predicted molar refractivity (Wildman–Crippen MR) is 116 cm³/mol. The van der Waals surface area contributed by atoms with E-state index in [2.05, 4.69) is 6.92 Å². The fourth-order valence-corrected chi connectivity index (χ4v) is 8.22. The van der Waals surface area contributed by atoms with Crippen molar-refractivity contribution in [2.75, 3.05) is 6.61 Å². The van der Waals surface area contributed by atoms with E-state index in [0.29, 0.717) is 38.5 Å². The van der Waals surface area contributed by atoms with Gasteiger partial charge in [0.2, 0.25) is 0 Å². The van der Waals surface area contributed by atoms with Crippen LogP contribution in [0.4, 0.5) is 0 Å². The maximum absolute atomic E-state index is 12.6. The van der Waals surface area contributed by atoms with Crippen molar-refractivity contribution in [1.82, 2.24) is 0 Å². The van der Waals surface area contributed by atoms with Gasteiger partial charge in [-0.3, -0.25) is 14.4 Å². The molecule has 0 aromatic carbocycles. The number of aliphatic hydroxyl groups is 3. The number of rotatable bonds is 6. The molecule has 4 rings (SSSR count). The summed E-state index contributed by atoms with van der Waals surface area (Å²) in [5.41, 5.74) is -1.76. The quantitative estimate of drug-likeness (QED) is 0.490. The van der Waals surface area contributed by atoms with Crippen molar-refractivity contribution in [3.8, 4) is 0 Å².